The molecule has 0 amide bonds. The van der Waals surface area contributed by atoms with Crippen LogP contribution in [0.1, 0.15) is 316 Å². The number of rotatable bonds is 56. The number of esters is 3. The van der Waals surface area contributed by atoms with E-state index in [1.165, 1.54) is 193 Å². The summed E-state index contributed by atoms with van der Waals surface area (Å²) in [5, 5.41) is 0. The molecule has 0 radical (unpaired) electrons. The second-order valence-electron chi connectivity index (χ2n) is 20.6. The van der Waals surface area contributed by atoms with E-state index >= 15 is 0 Å². The van der Waals surface area contributed by atoms with Gasteiger partial charge in [-0.3, -0.25) is 14.4 Å². The Hall–Kier alpha value is -2.89. The molecule has 0 unspecified atom stereocenters. The van der Waals surface area contributed by atoms with Crippen LogP contribution in [0, 0.1) is 0 Å². The quantitative estimate of drug-likeness (QED) is 0.0261. The van der Waals surface area contributed by atoms with E-state index in [-0.39, 0.29) is 31.1 Å². The van der Waals surface area contributed by atoms with Gasteiger partial charge >= 0.3 is 17.9 Å². The average Bonchev–Trinajstić information content (AvgIpc) is 3.37. The van der Waals surface area contributed by atoms with Gasteiger partial charge in [0.1, 0.15) is 13.2 Å². The molecule has 0 bridgehead atoms. The number of hydrogen-bond acceptors (Lipinski definition) is 6. The van der Waals surface area contributed by atoms with Crippen molar-refractivity contribution in [2.75, 3.05) is 13.2 Å². The summed E-state index contributed by atoms with van der Waals surface area (Å²) in [7, 11) is 0. The first-order valence-electron chi connectivity index (χ1n) is 30.8. The highest BCUT2D eigenvalue weighted by molar-refractivity contribution is 5.71. The lowest BCUT2D eigenvalue weighted by molar-refractivity contribution is -0.167. The van der Waals surface area contributed by atoms with Crippen molar-refractivity contribution in [3.8, 4) is 0 Å². The number of allylic oxidation sites excluding steroid dienone is 10. The highest BCUT2D eigenvalue weighted by atomic mass is 16.6. The fraction of sp³-hybridized carbons (Fsp3) is 0.800. The van der Waals surface area contributed by atoms with Gasteiger partial charge in [-0.25, -0.2) is 0 Å². The van der Waals surface area contributed by atoms with E-state index in [9.17, 15) is 14.4 Å². The Morgan fingerprint density at radius 3 is 0.817 bits per heavy atom. The van der Waals surface area contributed by atoms with Gasteiger partial charge in [-0.05, 0) is 109 Å². The normalized spacial score (nSPS) is 12.4. The highest BCUT2D eigenvalue weighted by Gasteiger charge is 2.19. The molecule has 0 aromatic heterocycles. The second-order valence-corrected chi connectivity index (χ2v) is 20.6. The van der Waals surface area contributed by atoms with Gasteiger partial charge < -0.3 is 14.2 Å². The van der Waals surface area contributed by atoms with Crippen LogP contribution in [-0.4, -0.2) is 37.2 Å². The Bertz CT molecular complexity index is 1280. The monoisotopic (exact) mass is 993 g/mol. The molecule has 0 heterocycles. The highest BCUT2D eigenvalue weighted by Crippen LogP contribution is 2.16. The summed E-state index contributed by atoms with van der Waals surface area (Å²) in [6.07, 6.45) is 74.9. The minimum Gasteiger partial charge on any atom is -0.462 e. The third-order valence-electron chi connectivity index (χ3n) is 13.5. The summed E-state index contributed by atoms with van der Waals surface area (Å²) in [6.45, 7) is 6.61. The zero-order valence-electron chi connectivity index (χ0n) is 47.2. The van der Waals surface area contributed by atoms with Crippen LogP contribution < -0.4 is 0 Å². The summed E-state index contributed by atoms with van der Waals surface area (Å²) in [6, 6.07) is 0. The van der Waals surface area contributed by atoms with Crippen molar-refractivity contribution in [2.45, 2.75) is 322 Å². The summed E-state index contributed by atoms with van der Waals surface area (Å²) in [5.41, 5.74) is 0. The van der Waals surface area contributed by atoms with Gasteiger partial charge in [0, 0.05) is 19.3 Å². The van der Waals surface area contributed by atoms with Gasteiger partial charge in [0.2, 0.25) is 0 Å². The zero-order chi connectivity index (χ0) is 51.4. The molecule has 1 atom stereocenters. The van der Waals surface area contributed by atoms with Crippen molar-refractivity contribution in [1.29, 1.82) is 0 Å². The first-order chi connectivity index (χ1) is 35.0. The maximum Gasteiger partial charge on any atom is 0.306 e. The van der Waals surface area contributed by atoms with Crippen LogP contribution in [0.3, 0.4) is 0 Å². The number of ether oxygens (including phenoxy) is 3. The van der Waals surface area contributed by atoms with Gasteiger partial charge in [-0.2, -0.15) is 0 Å². The molecule has 0 fully saturated rings. The molecule has 0 saturated heterocycles. The van der Waals surface area contributed by atoms with Gasteiger partial charge in [-0.1, -0.05) is 248 Å². The molecule has 0 aliphatic carbocycles. The number of carbonyl (C=O) groups is 3. The smallest absolute Gasteiger partial charge is 0.306 e. The van der Waals surface area contributed by atoms with Crippen molar-refractivity contribution in [2.24, 2.45) is 0 Å². The van der Waals surface area contributed by atoms with Crippen LogP contribution in [0.5, 0.6) is 0 Å². The van der Waals surface area contributed by atoms with Crippen LogP contribution in [0.25, 0.3) is 0 Å². The second kappa shape index (κ2) is 59.7. The topological polar surface area (TPSA) is 78.9 Å². The van der Waals surface area contributed by atoms with E-state index in [0.29, 0.717) is 19.3 Å². The lowest BCUT2D eigenvalue weighted by Gasteiger charge is -2.18. The molecule has 0 aliphatic heterocycles. The maximum atomic E-state index is 12.9. The van der Waals surface area contributed by atoms with Crippen molar-refractivity contribution >= 4 is 17.9 Å². The molecule has 0 spiro atoms. The van der Waals surface area contributed by atoms with Crippen molar-refractivity contribution in [3.63, 3.8) is 0 Å². The maximum absolute atomic E-state index is 12.9. The van der Waals surface area contributed by atoms with E-state index in [1.807, 2.05) is 0 Å². The fourth-order valence-electron chi connectivity index (χ4n) is 8.79. The van der Waals surface area contributed by atoms with E-state index in [2.05, 4.69) is 81.5 Å². The predicted molar refractivity (Wildman–Crippen MR) is 307 cm³/mol. The third-order valence-corrected chi connectivity index (χ3v) is 13.5. The van der Waals surface area contributed by atoms with Crippen LogP contribution in [0.4, 0.5) is 0 Å². The van der Waals surface area contributed by atoms with Gasteiger partial charge in [0.25, 0.3) is 0 Å². The average molecular weight is 994 g/mol. The molecular weight excluding hydrogens is 877 g/mol. The van der Waals surface area contributed by atoms with Crippen LogP contribution in [0.2, 0.25) is 0 Å². The SMILES string of the molecule is CCCCC/C=C/C/C=C/CCCCCCCCCC(=O)OC[C@H](COC(=O)CCCCCCCCCCC/C=C/CCCCCCCC)OC(=O)CCCCCCCCC/C=C/C/C=C/CCCCC. The van der Waals surface area contributed by atoms with Gasteiger partial charge in [0.15, 0.2) is 6.10 Å². The van der Waals surface area contributed by atoms with E-state index < -0.39 is 6.10 Å². The summed E-state index contributed by atoms with van der Waals surface area (Å²) < 4.78 is 16.9. The van der Waals surface area contributed by atoms with Crippen LogP contribution >= 0.6 is 0 Å². The Morgan fingerprint density at radius 1 is 0.282 bits per heavy atom. The molecule has 6 nitrogen and oxygen atoms in total. The van der Waals surface area contributed by atoms with Crippen LogP contribution in [-0.2, 0) is 28.6 Å². The van der Waals surface area contributed by atoms with Crippen LogP contribution in [0.15, 0.2) is 60.8 Å². The van der Waals surface area contributed by atoms with Gasteiger partial charge in [-0.15, -0.1) is 0 Å². The molecular formula is C65H116O6. The number of carbonyl (C=O) groups excluding carboxylic acids is 3. The number of unbranched alkanes of at least 4 members (excludes halogenated alkanes) is 35. The summed E-state index contributed by atoms with van der Waals surface area (Å²) >= 11 is 0. The lowest BCUT2D eigenvalue weighted by Crippen LogP contribution is -2.30. The van der Waals surface area contributed by atoms with E-state index in [0.717, 1.165) is 83.5 Å². The minimum absolute atomic E-state index is 0.0797. The molecule has 0 saturated carbocycles. The molecule has 0 N–H and O–H groups in total. The molecule has 0 aliphatic rings. The lowest BCUT2D eigenvalue weighted by atomic mass is 10.1. The summed E-state index contributed by atoms with van der Waals surface area (Å²) in [4.78, 5) is 38.3. The molecule has 412 valence electrons. The first kappa shape index (κ1) is 68.1. The molecule has 71 heavy (non-hydrogen) atoms. The van der Waals surface area contributed by atoms with E-state index in [1.54, 1.807) is 0 Å². The zero-order valence-corrected chi connectivity index (χ0v) is 47.2. The summed E-state index contributed by atoms with van der Waals surface area (Å²) in [5.74, 6) is -0.883. The molecule has 0 aromatic rings. The number of hydrogen-bond donors (Lipinski definition) is 0. The van der Waals surface area contributed by atoms with E-state index in [4.69, 9.17) is 14.2 Å². The van der Waals surface area contributed by atoms with Gasteiger partial charge in [0.05, 0.1) is 0 Å². The minimum atomic E-state index is -0.783. The van der Waals surface area contributed by atoms with Crippen molar-refractivity contribution in [3.05, 3.63) is 60.8 Å². The fourth-order valence-corrected chi connectivity index (χ4v) is 8.79. The van der Waals surface area contributed by atoms with Crippen molar-refractivity contribution < 1.29 is 28.6 Å². The predicted octanol–water partition coefficient (Wildman–Crippen LogP) is 20.8. The Balaban J connectivity index is 4.38. The van der Waals surface area contributed by atoms with Crippen molar-refractivity contribution in [1.82, 2.24) is 0 Å². The Morgan fingerprint density at radius 2 is 0.507 bits per heavy atom. The Kier molecular flexibility index (Phi) is 57.2. The first-order valence-corrected chi connectivity index (χ1v) is 30.8. The third kappa shape index (κ3) is 57.9. The Labute approximate surface area is 440 Å². The molecule has 0 aromatic carbocycles. The largest absolute Gasteiger partial charge is 0.462 e. The molecule has 0 rings (SSSR count). The molecule has 6 heteroatoms. The standard InChI is InChI=1S/C65H116O6/c1-4-7-10-13-16-19-22-25-28-31-32-35-37-40-43-46-49-52-55-58-64(67)70-61-62(71-65(68)59-56-53-50-47-44-41-38-34-30-27-24-21-18-15-12-9-6-3)60-69-63(66)57-54-51-48-45-42-39-36-33-29-26-23-20-17-14-11-8-5-2/h17-18,20-21,25-30,62H,4-16,19,22-24,31-61H2,1-3H3/b20-17+,21-18+,28-25+,29-26+,30-27+/t62-/m1/s1.